The van der Waals surface area contributed by atoms with Gasteiger partial charge in [-0.25, -0.2) is 4.79 Å². The van der Waals surface area contributed by atoms with Gasteiger partial charge in [0.1, 0.15) is 5.60 Å². The Morgan fingerprint density at radius 1 is 1.50 bits per heavy atom. The van der Waals surface area contributed by atoms with Crippen molar-refractivity contribution in [1.29, 1.82) is 0 Å². The second-order valence-electron chi connectivity index (χ2n) is 5.64. The normalized spacial score (nSPS) is 13.1. The van der Waals surface area contributed by atoms with Gasteiger partial charge in [0.25, 0.3) is 0 Å². The first-order valence-electron chi connectivity index (χ1n) is 6.73. The maximum atomic E-state index is 11.7. The average Bonchev–Trinajstić information content (AvgIpc) is 2.71. The minimum absolute atomic E-state index is 0.0759. The molecule has 1 aromatic rings. The number of thiophene rings is 1. The van der Waals surface area contributed by atoms with Crippen LogP contribution in [0.4, 0.5) is 4.79 Å². The fourth-order valence-electron chi connectivity index (χ4n) is 1.60. The van der Waals surface area contributed by atoms with Crippen LogP contribution in [-0.4, -0.2) is 24.3 Å². The molecule has 1 amide bonds. The van der Waals surface area contributed by atoms with Crippen molar-refractivity contribution < 1.29 is 9.53 Å². The molecule has 0 aliphatic carbocycles. The molecule has 0 saturated heterocycles. The molecule has 0 radical (unpaired) electrons. The first-order chi connectivity index (χ1) is 9.30. The van der Waals surface area contributed by atoms with Crippen molar-refractivity contribution in [2.24, 2.45) is 0 Å². The molecule has 1 atom stereocenters. The number of rotatable bonds is 6. The van der Waals surface area contributed by atoms with Crippen LogP contribution in [0, 0.1) is 0 Å². The molecule has 6 heteroatoms. The Bertz CT molecular complexity index is 429. The topological polar surface area (TPSA) is 50.4 Å². The molecular weight excluding hydrogens is 340 g/mol. The zero-order valence-corrected chi connectivity index (χ0v) is 14.9. The number of carbonyl (C=O) groups excluding carboxylic acids is 1. The summed E-state index contributed by atoms with van der Waals surface area (Å²) in [5.41, 5.74) is 0.785. The van der Waals surface area contributed by atoms with E-state index in [4.69, 9.17) is 4.74 Å². The van der Waals surface area contributed by atoms with E-state index in [-0.39, 0.29) is 12.1 Å². The van der Waals surface area contributed by atoms with Crippen molar-refractivity contribution in [2.75, 3.05) is 6.54 Å². The third-order valence-corrected chi connectivity index (χ3v) is 4.11. The molecular formula is C14H23BrN2O2S. The van der Waals surface area contributed by atoms with E-state index in [0.29, 0.717) is 0 Å². The number of hydrogen-bond donors (Lipinski definition) is 2. The van der Waals surface area contributed by atoms with E-state index in [2.05, 4.69) is 38.0 Å². The fraction of sp³-hybridized carbons (Fsp3) is 0.643. The highest BCUT2D eigenvalue weighted by Crippen LogP contribution is 2.20. The molecule has 0 spiro atoms. The quantitative estimate of drug-likeness (QED) is 0.806. The van der Waals surface area contributed by atoms with Gasteiger partial charge in [-0.05, 0) is 60.1 Å². The van der Waals surface area contributed by atoms with Crippen LogP contribution in [0.15, 0.2) is 15.2 Å². The number of hydrogen-bond acceptors (Lipinski definition) is 4. The highest BCUT2D eigenvalue weighted by Gasteiger charge is 2.18. The van der Waals surface area contributed by atoms with Gasteiger partial charge in [-0.15, -0.1) is 11.3 Å². The third kappa shape index (κ3) is 7.26. The fourth-order valence-corrected chi connectivity index (χ4v) is 2.81. The zero-order chi connectivity index (χ0) is 15.2. The maximum absolute atomic E-state index is 11.7. The smallest absolute Gasteiger partial charge is 0.407 e. The number of alkyl carbamates (subject to hydrolysis) is 1. The molecule has 0 fully saturated rings. The molecule has 1 rings (SSSR count). The van der Waals surface area contributed by atoms with Crippen LogP contribution in [0.1, 0.15) is 39.7 Å². The van der Waals surface area contributed by atoms with Gasteiger partial charge in [0.05, 0.1) is 3.79 Å². The second kappa shape index (κ2) is 8.00. The van der Waals surface area contributed by atoms with Crippen LogP contribution in [-0.2, 0) is 11.3 Å². The molecule has 1 aromatic heterocycles. The van der Waals surface area contributed by atoms with E-state index < -0.39 is 5.60 Å². The van der Waals surface area contributed by atoms with Crippen molar-refractivity contribution in [3.63, 3.8) is 0 Å². The summed E-state index contributed by atoms with van der Waals surface area (Å²) in [6, 6.07) is 2.17. The highest BCUT2D eigenvalue weighted by molar-refractivity contribution is 9.11. The van der Waals surface area contributed by atoms with Gasteiger partial charge in [0, 0.05) is 19.1 Å². The number of amides is 1. The van der Waals surface area contributed by atoms with Crippen molar-refractivity contribution >= 4 is 33.4 Å². The van der Waals surface area contributed by atoms with E-state index >= 15 is 0 Å². The van der Waals surface area contributed by atoms with Gasteiger partial charge in [0.15, 0.2) is 0 Å². The maximum Gasteiger partial charge on any atom is 0.407 e. The highest BCUT2D eigenvalue weighted by atomic mass is 79.9. The Labute approximate surface area is 133 Å². The molecule has 0 aliphatic heterocycles. The van der Waals surface area contributed by atoms with E-state index in [1.54, 1.807) is 11.3 Å². The van der Waals surface area contributed by atoms with Crippen LogP contribution in [0.25, 0.3) is 0 Å². The molecule has 1 heterocycles. The molecule has 0 aromatic carbocycles. The second-order valence-corrected chi connectivity index (χ2v) is 7.93. The predicted octanol–water partition coefficient (Wildman–Crippen LogP) is 3.90. The Morgan fingerprint density at radius 3 is 2.70 bits per heavy atom. The molecule has 2 N–H and O–H groups in total. The lowest BCUT2D eigenvalue weighted by Gasteiger charge is -2.23. The molecule has 114 valence electrons. The van der Waals surface area contributed by atoms with Gasteiger partial charge in [0.2, 0.25) is 0 Å². The molecule has 0 bridgehead atoms. The minimum atomic E-state index is -0.460. The monoisotopic (exact) mass is 362 g/mol. The minimum Gasteiger partial charge on any atom is -0.444 e. The Kier molecular flexibility index (Phi) is 6.99. The van der Waals surface area contributed by atoms with Gasteiger partial charge in [-0.3, -0.25) is 0 Å². The van der Waals surface area contributed by atoms with E-state index in [0.717, 1.165) is 23.3 Å². The van der Waals surface area contributed by atoms with Gasteiger partial charge >= 0.3 is 6.09 Å². The molecule has 1 unspecified atom stereocenters. The molecule has 0 aliphatic rings. The number of halogens is 1. The first kappa shape index (κ1) is 17.5. The lowest BCUT2D eigenvalue weighted by molar-refractivity contribution is 0.0502. The average molecular weight is 363 g/mol. The molecule has 4 nitrogen and oxygen atoms in total. The van der Waals surface area contributed by atoms with Gasteiger partial charge in [-0.1, -0.05) is 6.92 Å². The van der Waals surface area contributed by atoms with Crippen LogP contribution in [0.5, 0.6) is 0 Å². The summed E-state index contributed by atoms with van der Waals surface area (Å²) in [5, 5.41) is 8.34. The van der Waals surface area contributed by atoms with Crippen LogP contribution >= 0.6 is 27.3 Å². The zero-order valence-electron chi connectivity index (χ0n) is 12.5. The van der Waals surface area contributed by atoms with Crippen LogP contribution in [0.2, 0.25) is 0 Å². The standard InChI is InChI=1S/C14H23BrN2O2S/c1-5-11(17-13(18)19-14(2,3)4)8-16-7-10-6-12(15)20-9-10/h6,9,11,16H,5,7-8H2,1-4H3,(H,17,18). The molecule has 20 heavy (non-hydrogen) atoms. The summed E-state index contributed by atoms with van der Waals surface area (Å²) in [7, 11) is 0. The lowest BCUT2D eigenvalue weighted by Crippen LogP contribution is -2.43. The summed E-state index contributed by atoms with van der Waals surface area (Å²) in [6.45, 7) is 9.16. The van der Waals surface area contributed by atoms with E-state index in [1.165, 1.54) is 5.56 Å². The Morgan fingerprint density at radius 2 is 2.20 bits per heavy atom. The summed E-state index contributed by atoms with van der Waals surface area (Å²) < 4.78 is 6.39. The SMILES string of the molecule is CCC(CNCc1csc(Br)c1)NC(=O)OC(C)(C)C. The van der Waals surface area contributed by atoms with Gasteiger partial charge < -0.3 is 15.4 Å². The first-order valence-corrected chi connectivity index (χ1v) is 8.40. The lowest BCUT2D eigenvalue weighted by atomic mass is 10.2. The van der Waals surface area contributed by atoms with E-state index in [9.17, 15) is 4.79 Å². The van der Waals surface area contributed by atoms with Crippen LogP contribution < -0.4 is 10.6 Å². The summed E-state index contributed by atoms with van der Waals surface area (Å²) >= 11 is 5.12. The largest absolute Gasteiger partial charge is 0.444 e. The Hall–Kier alpha value is -0.590. The summed E-state index contributed by atoms with van der Waals surface area (Å²) in [6.07, 6.45) is 0.504. The van der Waals surface area contributed by atoms with Crippen molar-refractivity contribution in [2.45, 2.75) is 52.3 Å². The van der Waals surface area contributed by atoms with Crippen molar-refractivity contribution in [3.05, 3.63) is 20.8 Å². The summed E-state index contributed by atoms with van der Waals surface area (Å²) in [4.78, 5) is 11.7. The van der Waals surface area contributed by atoms with E-state index in [1.807, 2.05) is 27.7 Å². The molecule has 0 saturated carbocycles. The van der Waals surface area contributed by atoms with Crippen LogP contribution in [0.3, 0.4) is 0 Å². The van der Waals surface area contributed by atoms with Crippen molar-refractivity contribution in [3.8, 4) is 0 Å². The number of carbonyl (C=O) groups is 1. The third-order valence-electron chi connectivity index (χ3n) is 2.56. The number of ether oxygens (including phenoxy) is 1. The number of nitrogens with one attached hydrogen (secondary N) is 2. The van der Waals surface area contributed by atoms with Gasteiger partial charge in [-0.2, -0.15) is 0 Å². The summed E-state index contributed by atoms with van der Waals surface area (Å²) in [5.74, 6) is 0. The Balaban J connectivity index is 2.30. The van der Waals surface area contributed by atoms with Crippen molar-refractivity contribution in [1.82, 2.24) is 10.6 Å². The predicted molar refractivity (Wildman–Crippen MR) is 87.2 cm³/mol.